The minimum absolute atomic E-state index is 0.284. The number of aliphatic imine (C=N–C) groups is 1. The van der Waals surface area contributed by atoms with Crippen LogP contribution in [-0.4, -0.2) is 38.7 Å². The number of nitrogens with zero attached hydrogens (tertiary/aromatic N) is 1. The molecule has 0 saturated heterocycles. The van der Waals surface area contributed by atoms with Gasteiger partial charge in [0.25, 0.3) is 0 Å². The highest BCUT2D eigenvalue weighted by atomic mass is 16.5. The molecular formula is C17H28N4O3. The van der Waals surface area contributed by atoms with Gasteiger partial charge >= 0.3 is 0 Å². The Labute approximate surface area is 143 Å². The molecule has 0 radical (unpaired) electrons. The van der Waals surface area contributed by atoms with Crippen LogP contribution in [0.3, 0.4) is 0 Å². The van der Waals surface area contributed by atoms with Gasteiger partial charge in [-0.2, -0.15) is 0 Å². The first-order chi connectivity index (χ1) is 11.3. The predicted molar refractivity (Wildman–Crippen MR) is 96.7 cm³/mol. The Morgan fingerprint density at radius 1 is 1.29 bits per heavy atom. The van der Waals surface area contributed by atoms with Crippen LogP contribution in [0.1, 0.15) is 27.7 Å². The summed E-state index contributed by atoms with van der Waals surface area (Å²) in [6.07, 6.45) is 0. The number of rotatable bonds is 8. The third kappa shape index (κ3) is 5.64. The van der Waals surface area contributed by atoms with Gasteiger partial charge in [0.15, 0.2) is 17.5 Å². The van der Waals surface area contributed by atoms with Crippen LogP contribution >= 0.6 is 0 Å². The highest BCUT2D eigenvalue weighted by Gasteiger charge is 2.24. The molecule has 0 fully saturated rings. The number of carbonyl (C=O) groups excluding carboxylic acids is 1. The first-order valence-corrected chi connectivity index (χ1v) is 8.00. The number of methoxy groups -OCH3 is 1. The number of ether oxygens (including phenoxy) is 2. The highest BCUT2D eigenvalue weighted by molar-refractivity contribution is 5.94. The van der Waals surface area contributed by atoms with E-state index < -0.39 is 5.41 Å². The number of hydrogen-bond acceptors (Lipinski definition) is 4. The molecule has 1 rings (SSSR count). The minimum atomic E-state index is -0.710. The first kappa shape index (κ1) is 19.6. The van der Waals surface area contributed by atoms with Crippen molar-refractivity contribution in [2.45, 2.75) is 27.7 Å². The Morgan fingerprint density at radius 2 is 2.00 bits per heavy atom. The molecule has 0 bridgehead atoms. The van der Waals surface area contributed by atoms with E-state index in [1.807, 2.05) is 32.0 Å². The van der Waals surface area contributed by atoms with Crippen molar-refractivity contribution in [3.8, 4) is 11.5 Å². The van der Waals surface area contributed by atoms with Crippen molar-refractivity contribution in [3.05, 3.63) is 18.2 Å². The number of guanidine groups is 1. The van der Waals surface area contributed by atoms with Gasteiger partial charge in [-0.25, -0.2) is 0 Å². The lowest BCUT2D eigenvalue weighted by atomic mass is 9.93. The molecule has 0 aliphatic carbocycles. The van der Waals surface area contributed by atoms with Gasteiger partial charge in [0.2, 0.25) is 5.91 Å². The van der Waals surface area contributed by atoms with Crippen LogP contribution < -0.4 is 25.8 Å². The van der Waals surface area contributed by atoms with E-state index >= 15 is 0 Å². The summed E-state index contributed by atoms with van der Waals surface area (Å²) in [6.45, 7) is 8.93. The SMILES string of the molecule is CCNC(=NCC(C)(C)C(N)=O)Nc1ccc(OC)c(OCC)c1. The Bertz CT molecular complexity index is 585. The monoisotopic (exact) mass is 336 g/mol. The molecule has 1 aromatic carbocycles. The zero-order valence-corrected chi connectivity index (χ0v) is 15.1. The summed E-state index contributed by atoms with van der Waals surface area (Å²) in [7, 11) is 1.60. The van der Waals surface area contributed by atoms with Crippen molar-refractivity contribution in [1.29, 1.82) is 0 Å². The average Bonchev–Trinajstić information content (AvgIpc) is 2.53. The fourth-order valence-corrected chi connectivity index (χ4v) is 1.82. The van der Waals surface area contributed by atoms with Crippen LogP contribution in [0.25, 0.3) is 0 Å². The van der Waals surface area contributed by atoms with Crippen LogP contribution in [0.5, 0.6) is 11.5 Å². The van der Waals surface area contributed by atoms with Crippen molar-refractivity contribution in [1.82, 2.24) is 5.32 Å². The van der Waals surface area contributed by atoms with Crippen LogP contribution in [0.2, 0.25) is 0 Å². The molecule has 134 valence electrons. The fraction of sp³-hybridized carbons (Fsp3) is 0.529. The van der Waals surface area contributed by atoms with E-state index in [1.165, 1.54) is 0 Å². The van der Waals surface area contributed by atoms with Gasteiger partial charge < -0.3 is 25.8 Å². The lowest BCUT2D eigenvalue weighted by molar-refractivity contribution is -0.125. The molecule has 0 spiro atoms. The number of benzene rings is 1. The van der Waals surface area contributed by atoms with Crippen molar-refractivity contribution in [2.75, 3.05) is 32.1 Å². The Hall–Kier alpha value is -2.44. The van der Waals surface area contributed by atoms with Gasteiger partial charge in [-0.05, 0) is 39.8 Å². The second kappa shape index (κ2) is 9.00. The summed E-state index contributed by atoms with van der Waals surface area (Å²) in [6, 6.07) is 5.53. The molecule has 0 aliphatic rings. The number of nitrogens with two attached hydrogens (primary N) is 1. The quantitative estimate of drug-likeness (QED) is 0.498. The van der Waals surface area contributed by atoms with E-state index in [0.29, 0.717) is 30.6 Å². The van der Waals surface area contributed by atoms with Crippen LogP contribution in [0, 0.1) is 5.41 Å². The van der Waals surface area contributed by atoms with E-state index in [9.17, 15) is 4.79 Å². The highest BCUT2D eigenvalue weighted by Crippen LogP contribution is 2.30. The van der Waals surface area contributed by atoms with E-state index in [1.54, 1.807) is 21.0 Å². The summed E-state index contributed by atoms with van der Waals surface area (Å²) in [5.74, 6) is 1.50. The molecule has 24 heavy (non-hydrogen) atoms. The summed E-state index contributed by atoms with van der Waals surface area (Å²) in [5, 5.41) is 6.33. The zero-order valence-electron chi connectivity index (χ0n) is 15.1. The smallest absolute Gasteiger partial charge is 0.224 e. The van der Waals surface area contributed by atoms with Gasteiger partial charge in [-0.15, -0.1) is 0 Å². The summed E-state index contributed by atoms with van der Waals surface area (Å²) in [5.41, 5.74) is 5.48. The molecule has 1 aromatic rings. The van der Waals surface area contributed by atoms with Crippen molar-refractivity contribution in [2.24, 2.45) is 16.1 Å². The van der Waals surface area contributed by atoms with E-state index in [2.05, 4.69) is 15.6 Å². The molecule has 4 N–H and O–H groups in total. The second-order valence-corrected chi connectivity index (χ2v) is 5.87. The summed E-state index contributed by atoms with van der Waals surface area (Å²) >= 11 is 0. The standard InChI is InChI=1S/C17H28N4O3/c1-6-19-16(20-11-17(3,4)15(18)22)21-12-8-9-13(23-5)14(10-12)24-7-2/h8-10H,6-7,11H2,1-5H3,(H2,18,22)(H2,19,20,21). The van der Waals surface area contributed by atoms with Gasteiger partial charge in [0, 0.05) is 18.3 Å². The van der Waals surface area contributed by atoms with Gasteiger partial charge in [-0.3, -0.25) is 9.79 Å². The number of hydrogen-bond donors (Lipinski definition) is 3. The lowest BCUT2D eigenvalue weighted by Gasteiger charge is -2.19. The summed E-state index contributed by atoms with van der Waals surface area (Å²) < 4.78 is 10.8. The number of carbonyl (C=O) groups is 1. The topological polar surface area (TPSA) is 98.0 Å². The van der Waals surface area contributed by atoms with Crippen molar-refractivity contribution in [3.63, 3.8) is 0 Å². The van der Waals surface area contributed by atoms with Gasteiger partial charge in [0.05, 0.1) is 25.7 Å². The third-order valence-corrected chi connectivity index (χ3v) is 3.37. The molecule has 7 heteroatoms. The van der Waals surface area contributed by atoms with Crippen molar-refractivity contribution < 1.29 is 14.3 Å². The average molecular weight is 336 g/mol. The van der Waals surface area contributed by atoms with E-state index in [-0.39, 0.29) is 12.5 Å². The first-order valence-electron chi connectivity index (χ1n) is 8.00. The zero-order chi connectivity index (χ0) is 18.2. The molecule has 0 atom stereocenters. The molecule has 7 nitrogen and oxygen atoms in total. The molecule has 0 unspecified atom stereocenters. The summed E-state index contributed by atoms with van der Waals surface area (Å²) in [4.78, 5) is 15.9. The lowest BCUT2D eigenvalue weighted by Crippen LogP contribution is -2.37. The third-order valence-electron chi connectivity index (χ3n) is 3.37. The van der Waals surface area contributed by atoms with Crippen molar-refractivity contribution >= 4 is 17.6 Å². The Kier molecular flexibility index (Phi) is 7.35. The number of anilines is 1. The van der Waals surface area contributed by atoms with E-state index in [0.717, 1.165) is 5.69 Å². The molecule has 1 amide bonds. The maximum absolute atomic E-state index is 11.4. The minimum Gasteiger partial charge on any atom is -0.493 e. The van der Waals surface area contributed by atoms with E-state index in [4.69, 9.17) is 15.2 Å². The molecule has 0 heterocycles. The second-order valence-electron chi connectivity index (χ2n) is 5.87. The Morgan fingerprint density at radius 3 is 2.54 bits per heavy atom. The Balaban J connectivity index is 2.95. The predicted octanol–water partition coefficient (Wildman–Crippen LogP) is 1.98. The largest absolute Gasteiger partial charge is 0.493 e. The number of amides is 1. The maximum atomic E-state index is 11.4. The maximum Gasteiger partial charge on any atom is 0.224 e. The molecular weight excluding hydrogens is 308 g/mol. The molecule has 0 aromatic heterocycles. The van der Waals surface area contributed by atoms with Crippen LogP contribution in [-0.2, 0) is 4.79 Å². The number of primary amides is 1. The molecule has 0 aliphatic heterocycles. The van der Waals surface area contributed by atoms with Crippen LogP contribution in [0.15, 0.2) is 23.2 Å². The van der Waals surface area contributed by atoms with Gasteiger partial charge in [-0.1, -0.05) is 0 Å². The van der Waals surface area contributed by atoms with Crippen LogP contribution in [0.4, 0.5) is 5.69 Å². The van der Waals surface area contributed by atoms with Gasteiger partial charge in [0.1, 0.15) is 0 Å². The molecule has 0 saturated carbocycles. The fourth-order valence-electron chi connectivity index (χ4n) is 1.82. The number of nitrogens with one attached hydrogen (secondary N) is 2. The normalized spacial score (nSPS) is 11.8.